The van der Waals surface area contributed by atoms with E-state index in [1.165, 1.54) is 15.6 Å². The van der Waals surface area contributed by atoms with E-state index in [9.17, 15) is 9.59 Å². The van der Waals surface area contributed by atoms with Crippen molar-refractivity contribution in [3.05, 3.63) is 103 Å². The minimum Gasteiger partial charge on any atom is -0.462 e. The normalized spacial score (nSPS) is 17.9. The predicted molar refractivity (Wildman–Crippen MR) is 131 cm³/mol. The number of esters is 1. The molecule has 0 N–H and O–H groups in total. The first kappa shape index (κ1) is 22.0. The van der Waals surface area contributed by atoms with Gasteiger partial charge in [-0.1, -0.05) is 111 Å². The monoisotopic (exact) mass is 440 g/mol. The lowest BCUT2D eigenvalue weighted by Gasteiger charge is -2.38. The maximum atomic E-state index is 13.0. The van der Waals surface area contributed by atoms with E-state index < -0.39 is 13.5 Å². The highest BCUT2D eigenvalue weighted by atomic mass is 28.3. The number of carbonyl (C=O) groups excluding carboxylic acids is 2. The lowest BCUT2D eigenvalue weighted by Crippen LogP contribution is -2.70. The summed E-state index contributed by atoms with van der Waals surface area (Å²) in [5.41, 5.74) is 0.0736. The standard InChI is InChI=1S/C28H28O3Si/c1-28(2,21-29)19-18-25-26(20-31-27(25)30)32(22-12-6-3-7-13-22,23-14-8-4-9-15-23)24-16-10-5-11-17-24/h3-18,21,26H,19-20H2,1-2H3/b25-18-/t26-/m0/s1. The number of benzene rings is 3. The van der Waals surface area contributed by atoms with E-state index in [0.29, 0.717) is 18.6 Å². The van der Waals surface area contributed by atoms with Crippen LogP contribution < -0.4 is 15.6 Å². The van der Waals surface area contributed by atoms with Gasteiger partial charge in [0, 0.05) is 16.5 Å². The fourth-order valence-corrected chi connectivity index (χ4v) is 10.1. The van der Waals surface area contributed by atoms with Gasteiger partial charge in [-0.25, -0.2) is 4.79 Å². The zero-order valence-corrected chi connectivity index (χ0v) is 19.5. The maximum Gasteiger partial charge on any atom is 0.333 e. The number of allylic oxidation sites excluding steroid dienone is 1. The van der Waals surface area contributed by atoms with Crippen molar-refractivity contribution in [2.24, 2.45) is 5.41 Å². The van der Waals surface area contributed by atoms with Crippen molar-refractivity contribution in [1.29, 1.82) is 0 Å². The van der Waals surface area contributed by atoms with Crippen LogP contribution in [0.25, 0.3) is 0 Å². The molecule has 0 aromatic heterocycles. The predicted octanol–water partition coefficient (Wildman–Crippen LogP) is 3.63. The van der Waals surface area contributed by atoms with Gasteiger partial charge in [-0.05, 0) is 22.0 Å². The summed E-state index contributed by atoms with van der Waals surface area (Å²) in [4.78, 5) is 24.5. The van der Waals surface area contributed by atoms with Crippen LogP contribution >= 0.6 is 0 Å². The van der Waals surface area contributed by atoms with Gasteiger partial charge < -0.3 is 9.53 Å². The smallest absolute Gasteiger partial charge is 0.333 e. The summed E-state index contributed by atoms with van der Waals surface area (Å²) in [6.45, 7) is 4.13. The molecule has 3 nitrogen and oxygen atoms in total. The molecule has 0 aliphatic carbocycles. The molecule has 1 aliphatic heterocycles. The molecule has 4 heteroatoms. The van der Waals surface area contributed by atoms with Gasteiger partial charge in [-0.15, -0.1) is 0 Å². The Morgan fingerprint density at radius 2 is 1.28 bits per heavy atom. The Labute approximate surface area is 190 Å². The molecule has 0 unspecified atom stereocenters. The molecule has 1 aliphatic rings. The van der Waals surface area contributed by atoms with Crippen molar-refractivity contribution in [2.75, 3.05) is 6.61 Å². The highest BCUT2D eigenvalue weighted by molar-refractivity contribution is 7.13. The summed E-state index contributed by atoms with van der Waals surface area (Å²) >= 11 is 0. The Morgan fingerprint density at radius 1 is 0.844 bits per heavy atom. The third kappa shape index (κ3) is 3.98. The van der Waals surface area contributed by atoms with Gasteiger partial charge in [-0.3, -0.25) is 0 Å². The van der Waals surface area contributed by atoms with Gasteiger partial charge in [0.15, 0.2) is 8.07 Å². The molecule has 1 atom stereocenters. The molecule has 0 radical (unpaired) electrons. The third-order valence-corrected chi connectivity index (χ3v) is 11.6. The highest BCUT2D eigenvalue weighted by Gasteiger charge is 2.52. The number of cyclic esters (lactones) is 1. The minimum absolute atomic E-state index is 0.0929. The van der Waals surface area contributed by atoms with E-state index in [0.717, 1.165) is 6.29 Å². The second kappa shape index (κ2) is 9.09. The van der Waals surface area contributed by atoms with Crippen LogP contribution in [-0.4, -0.2) is 26.9 Å². The van der Waals surface area contributed by atoms with Crippen LogP contribution in [0.2, 0.25) is 5.54 Å². The average Bonchev–Trinajstić information content (AvgIpc) is 3.21. The molecular weight excluding hydrogens is 412 g/mol. The molecule has 0 amide bonds. The van der Waals surface area contributed by atoms with Gasteiger partial charge in [0.25, 0.3) is 0 Å². The number of rotatable bonds is 7. The number of hydrogen-bond acceptors (Lipinski definition) is 3. The van der Waals surface area contributed by atoms with E-state index in [1.807, 2.05) is 38.1 Å². The molecule has 3 aromatic rings. The third-order valence-electron chi connectivity index (χ3n) is 6.37. The molecule has 32 heavy (non-hydrogen) atoms. The number of hydrogen-bond donors (Lipinski definition) is 0. The molecule has 1 heterocycles. The zero-order chi connectivity index (χ0) is 22.6. The average molecular weight is 441 g/mol. The first-order chi connectivity index (χ1) is 15.5. The Kier molecular flexibility index (Phi) is 6.24. The Balaban J connectivity index is 2.00. The van der Waals surface area contributed by atoms with Crippen molar-refractivity contribution in [3.63, 3.8) is 0 Å². The maximum absolute atomic E-state index is 13.0. The number of aldehydes is 1. The fraction of sp³-hybridized carbons (Fsp3) is 0.214. The quantitative estimate of drug-likeness (QED) is 0.185. The first-order valence-electron chi connectivity index (χ1n) is 11.0. The zero-order valence-electron chi connectivity index (χ0n) is 18.5. The second-order valence-corrected chi connectivity index (χ2v) is 13.1. The minimum atomic E-state index is -2.70. The van der Waals surface area contributed by atoms with E-state index in [4.69, 9.17) is 4.74 Å². The molecule has 162 valence electrons. The molecule has 4 rings (SSSR count). The summed E-state index contributed by atoms with van der Waals surface area (Å²) in [7, 11) is -2.70. The lowest BCUT2D eigenvalue weighted by atomic mass is 9.90. The number of carbonyl (C=O) groups is 2. The van der Waals surface area contributed by atoms with Gasteiger partial charge in [-0.2, -0.15) is 0 Å². The van der Waals surface area contributed by atoms with Crippen LogP contribution in [0.15, 0.2) is 103 Å². The van der Waals surface area contributed by atoms with Crippen LogP contribution in [0.4, 0.5) is 0 Å². The van der Waals surface area contributed by atoms with E-state index in [2.05, 4.69) is 72.8 Å². The fourth-order valence-electron chi connectivity index (χ4n) is 4.69. The molecule has 3 aromatic carbocycles. The van der Waals surface area contributed by atoms with Gasteiger partial charge in [0.2, 0.25) is 0 Å². The van der Waals surface area contributed by atoms with Crippen molar-refractivity contribution in [2.45, 2.75) is 25.8 Å². The van der Waals surface area contributed by atoms with Crippen LogP contribution in [0.1, 0.15) is 20.3 Å². The molecule has 1 saturated heterocycles. The van der Waals surface area contributed by atoms with E-state index in [1.54, 1.807) is 0 Å². The molecular formula is C28H28O3Si. The SMILES string of the molecule is CC(C)(C=O)C/C=C1\C(=O)OC[C@@H]1[Si](c1ccccc1)(c1ccccc1)c1ccccc1. The van der Waals surface area contributed by atoms with Crippen LogP contribution in [0.3, 0.4) is 0 Å². The van der Waals surface area contributed by atoms with Crippen molar-refractivity contribution in [1.82, 2.24) is 0 Å². The topological polar surface area (TPSA) is 43.4 Å². The number of ether oxygens (including phenoxy) is 1. The first-order valence-corrected chi connectivity index (χ1v) is 13.1. The van der Waals surface area contributed by atoms with Gasteiger partial charge >= 0.3 is 5.97 Å². The van der Waals surface area contributed by atoms with E-state index in [-0.39, 0.29) is 11.5 Å². The van der Waals surface area contributed by atoms with Gasteiger partial charge in [0.05, 0.1) is 6.61 Å². The largest absolute Gasteiger partial charge is 0.462 e. The Morgan fingerprint density at radius 3 is 1.69 bits per heavy atom. The van der Waals surface area contributed by atoms with Crippen LogP contribution in [0, 0.1) is 5.41 Å². The van der Waals surface area contributed by atoms with Crippen molar-refractivity contribution >= 4 is 35.9 Å². The molecule has 0 spiro atoms. The summed E-state index contributed by atoms with van der Waals surface area (Å²) in [5.74, 6) is -0.267. The summed E-state index contributed by atoms with van der Waals surface area (Å²) < 4.78 is 5.69. The Bertz CT molecular complexity index is 1010. The molecule has 0 bridgehead atoms. The van der Waals surface area contributed by atoms with Crippen LogP contribution in [-0.2, 0) is 14.3 Å². The van der Waals surface area contributed by atoms with Crippen molar-refractivity contribution in [3.8, 4) is 0 Å². The molecule has 1 fully saturated rings. The Hall–Kier alpha value is -3.24. The lowest BCUT2D eigenvalue weighted by molar-refractivity contribution is -0.135. The van der Waals surface area contributed by atoms with Crippen molar-refractivity contribution < 1.29 is 14.3 Å². The van der Waals surface area contributed by atoms with Gasteiger partial charge in [0.1, 0.15) is 6.29 Å². The summed E-state index contributed by atoms with van der Waals surface area (Å²) in [5, 5.41) is 3.71. The van der Waals surface area contributed by atoms with Crippen LogP contribution in [0.5, 0.6) is 0 Å². The van der Waals surface area contributed by atoms with E-state index >= 15 is 0 Å². The highest BCUT2D eigenvalue weighted by Crippen LogP contribution is 2.37. The summed E-state index contributed by atoms with van der Waals surface area (Å²) in [6.07, 6.45) is 3.40. The molecule has 0 saturated carbocycles. The second-order valence-electron chi connectivity index (χ2n) is 9.03. The summed E-state index contributed by atoms with van der Waals surface area (Å²) in [6, 6.07) is 31.6.